The highest BCUT2D eigenvalue weighted by Gasteiger charge is 2.17. The summed E-state index contributed by atoms with van der Waals surface area (Å²) in [7, 11) is -0.795. The third kappa shape index (κ3) is 1.80. The molecule has 4 heteroatoms. The standard InChI is InChI=1S/C8H9NOPS/c12-11-9-6-8(10-11)7-4-2-1-3-5-7/h1-5,8-9H,6H2/q-1. The van der Waals surface area contributed by atoms with Crippen LogP contribution < -0.4 is 5.09 Å². The Hall–Kier alpha value is -0.0800. The smallest absolute Gasteiger partial charge is 0.0986 e. The van der Waals surface area contributed by atoms with Gasteiger partial charge in [0.25, 0.3) is 0 Å². The predicted molar refractivity (Wildman–Crippen MR) is 52.6 cm³/mol. The van der Waals surface area contributed by atoms with E-state index in [1.54, 1.807) is 0 Å². The highest BCUT2D eigenvalue weighted by Crippen LogP contribution is 2.42. The van der Waals surface area contributed by atoms with Crippen molar-refractivity contribution in [3.63, 3.8) is 0 Å². The van der Waals surface area contributed by atoms with Crippen molar-refractivity contribution in [1.29, 1.82) is 0 Å². The van der Waals surface area contributed by atoms with Crippen LogP contribution in [0.4, 0.5) is 0 Å². The molecule has 0 aliphatic carbocycles. The maximum Gasteiger partial charge on any atom is 0.0986 e. The molecule has 1 N–H and O–H groups in total. The normalized spacial score (nSPS) is 29.1. The number of benzene rings is 1. The summed E-state index contributed by atoms with van der Waals surface area (Å²) in [6, 6.07) is 10.2. The molecular weight excluding hydrogens is 189 g/mol. The molecule has 0 bridgehead atoms. The highest BCUT2D eigenvalue weighted by atomic mass is 32.7. The van der Waals surface area contributed by atoms with E-state index in [4.69, 9.17) is 16.8 Å². The highest BCUT2D eigenvalue weighted by molar-refractivity contribution is 8.30. The van der Waals surface area contributed by atoms with E-state index in [1.807, 2.05) is 18.2 Å². The molecule has 2 nitrogen and oxygen atoms in total. The molecule has 12 heavy (non-hydrogen) atoms. The van der Waals surface area contributed by atoms with Gasteiger partial charge in [0.1, 0.15) is 0 Å². The van der Waals surface area contributed by atoms with Crippen LogP contribution in [0, 0.1) is 0 Å². The SMILES string of the molecule is [S-]P1NCC(c2ccccc2)O1. The van der Waals surface area contributed by atoms with Crippen molar-refractivity contribution in [2.24, 2.45) is 0 Å². The van der Waals surface area contributed by atoms with Gasteiger partial charge in [-0.15, -0.1) is 0 Å². The summed E-state index contributed by atoms with van der Waals surface area (Å²) < 4.78 is 5.52. The Balaban J connectivity index is 2.11. The van der Waals surface area contributed by atoms with Crippen LogP contribution in [-0.2, 0) is 16.8 Å². The van der Waals surface area contributed by atoms with Crippen LogP contribution in [0.3, 0.4) is 0 Å². The fraction of sp³-hybridized carbons (Fsp3) is 0.250. The van der Waals surface area contributed by atoms with E-state index in [0.717, 1.165) is 6.54 Å². The summed E-state index contributed by atoms with van der Waals surface area (Å²) in [6.45, 7) is 0.846. The molecule has 0 radical (unpaired) electrons. The minimum atomic E-state index is -0.795. The first kappa shape index (κ1) is 8.52. The fourth-order valence-electron chi connectivity index (χ4n) is 1.19. The van der Waals surface area contributed by atoms with E-state index in [0.29, 0.717) is 0 Å². The zero-order chi connectivity index (χ0) is 8.39. The van der Waals surface area contributed by atoms with Gasteiger partial charge in [-0.1, -0.05) is 30.3 Å². The monoisotopic (exact) mass is 198 g/mol. The van der Waals surface area contributed by atoms with Crippen LogP contribution in [0.15, 0.2) is 30.3 Å². The van der Waals surface area contributed by atoms with Crippen molar-refractivity contribution < 1.29 is 4.52 Å². The van der Waals surface area contributed by atoms with Crippen molar-refractivity contribution in [2.45, 2.75) is 6.10 Å². The zero-order valence-corrected chi connectivity index (χ0v) is 8.15. The zero-order valence-electron chi connectivity index (χ0n) is 6.43. The Kier molecular flexibility index (Phi) is 2.66. The lowest BCUT2D eigenvalue weighted by molar-refractivity contribution is 0.274. The van der Waals surface area contributed by atoms with Gasteiger partial charge in [-0.25, -0.2) is 0 Å². The molecule has 0 spiro atoms. The van der Waals surface area contributed by atoms with E-state index in [9.17, 15) is 0 Å². The Morgan fingerprint density at radius 3 is 2.75 bits per heavy atom. The van der Waals surface area contributed by atoms with Gasteiger partial charge in [0.05, 0.1) is 6.10 Å². The van der Waals surface area contributed by atoms with E-state index < -0.39 is 7.50 Å². The van der Waals surface area contributed by atoms with Crippen LogP contribution in [0.1, 0.15) is 11.7 Å². The van der Waals surface area contributed by atoms with E-state index in [1.165, 1.54) is 5.56 Å². The second-order valence-electron chi connectivity index (χ2n) is 2.62. The van der Waals surface area contributed by atoms with E-state index in [-0.39, 0.29) is 6.10 Å². The Bertz CT molecular complexity index is 256. The Morgan fingerprint density at radius 1 is 1.42 bits per heavy atom. The first-order chi connectivity index (χ1) is 5.86. The number of nitrogens with one attached hydrogen (secondary N) is 1. The van der Waals surface area contributed by atoms with Crippen molar-refractivity contribution in [2.75, 3.05) is 6.54 Å². The third-order valence-electron chi connectivity index (χ3n) is 1.80. The molecule has 64 valence electrons. The molecule has 1 fully saturated rings. The molecule has 0 amide bonds. The van der Waals surface area contributed by atoms with Crippen LogP contribution in [0.2, 0.25) is 0 Å². The maximum absolute atomic E-state index is 5.52. The van der Waals surface area contributed by atoms with Crippen molar-refractivity contribution in [3.05, 3.63) is 35.9 Å². The number of hydrogen-bond acceptors (Lipinski definition) is 3. The molecular formula is C8H9NOPS-. The molecule has 1 aromatic rings. The summed E-state index contributed by atoms with van der Waals surface area (Å²) in [4.78, 5) is 0. The largest absolute Gasteiger partial charge is 0.714 e. The summed E-state index contributed by atoms with van der Waals surface area (Å²) in [5.41, 5.74) is 1.21. The van der Waals surface area contributed by atoms with Gasteiger partial charge >= 0.3 is 0 Å². The molecule has 1 saturated heterocycles. The molecule has 2 atom stereocenters. The lowest BCUT2D eigenvalue weighted by Gasteiger charge is -2.16. The lowest BCUT2D eigenvalue weighted by atomic mass is 10.1. The Morgan fingerprint density at radius 2 is 2.17 bits per heavy atom. The van der Waals surface area contributed by atoms with Crippen molar-refractivity contribution >= 4 is 19.7 Å². The minimum Gasteiger partial charge on any atom is -0.714 e. The second-order valence-corrected chi connectivity index (χ2v) is 4.66. The number of hydrogen-bond donors (Lipinski definition) is 1. The molecule has 2 unspecified atom stereocenters. The summed E-state index contributed by atoms with van der Waals surface area (Å²) in [5.74, 6) is 0. The van der Waals surface area contributed by atoms with Gasteiger partial charge in [0, 0.05) is 6.54 Å². The average Bonchev–Trinajstić information content (AvgIpc) is 2.54. The molecule has 0 aromatic heterocycles. The third-order valence-corrected chi connectivity index (χ3v) is 3.33. The molecule has 2 rings (SSSR count). The molecule has 0 saturated carbocycles. The maximum atomic E-state index is 5.52. The molecule has 1 aliphatic rings. The average molecular weight is 198 g/mol. The second kappa shape index (κ2) is 3.75. The van der Waals surface area contributed by atoms with Gasteiger partial charge in [-0.3, -0.25) is 5.09 Å². The van der Waals surface area contributed by atoms with Gasteiger partial charge in [0.2, 0.25) is 0 Å². The lowest BCUT2D eigenvalue weighted by Crippen LogP contribution is -2.04. The summed E-state index contributed by atoms with van der Waals surface area (Å²) >= 11 is 5.01. The van der Waals surface area contributed by atoms with E-state index >= 15 is 0 Å². The number of rotatable bonds is 1. The predicted octanol–water partition coefficient (Wildman–Crippen LogP) is 2.12. The van der Waals surface area contributed by atoms with Gasteiger partial charge in [0.15, 0.2) is 0 Å². The molecule has 1 heterocycles. The Labute approximate surface area is 78.4 Å². The van der Waals surface area contributed by atoms with Crippen LogP contribution in [0.5, 0.6) is 0 Å². The van der Waals surface area contributed by atoms with Gasteiger partial charge in [-0.05, 0) is 13.1 Å². The summed E-state index contributed by atoms with van der Waals surface area (Å²) in [6.07, 6.45) is 0.162. The molecule has 1 aromatic carbocycles. The van der Waals surface area contributed by atoms with Gasteiger partial charge in [-0.2, -0.15) is 0 Å². The van der Waals surface area contributed by atoms with Crippen molar-refractivity contribution in [1.82, 2.24) is 5.09 Å². The van der Waals surface area contributed by atoms with Crippen LogP contribution in [0.25, 0.3) is 0 Å². The summed E-state index contributed by atoms with van der Waals surface area (Å²) in [5, 5.41) is 3.13. The topological polar surface area (TPSA) is 21.3 Å². The fourth-order valence-corrected chi connectivity index (χ4v) is 2.55. The first-order valence-corrected chi connectivity index (χ1v) is 6.06. The van der Waals surface area contributed by atoms with Crippen LogP contribution >= 0.6 is 7.50 Å². The van der Waals surface area contributed by atoms with E-state index in [2.05, 4.69) is 17.2 Å². The first-order valence-electron chi connectivity index (χ1n) is 3.79. The van der Waals surface area contributed by atoms with Crippen molar-refractivity contribution in [3.8, 4) is 0 Å². The minimum absolute atomic E-state index is 0.162. The van der Waals surface area contributed by atoms with Crippen LogP contribution in [-0.4, -0.2) is 6.54 Å². The quantitative estimate of drug-likeness (QED) is 0.551. The molecule has 1 aliphatic heterocycles. The van der Waals surface area contributed by atoms with Gasteiger partial charge < -0.3 is 16.8 Å².